The van der Waals surface area contributed by atoms with E-state index in [0.717, 1.165) is 11.8 Å². The Hall–Kier alpha value is -4.29. The molecular weight excluding hydrogens is 542 g/mol. The molecule has 1 N–H and O–H groups in total. The number of amides is 2. The van der Waals surface area contributed by atoms with E-state index in [-0.39, 0.29) is 37.0 Å². The summed E-state index contributed by atoms with van der Waals surface area (Å²) in [6.45, 7) is 5.35. The maximum atomic E-state index is 14.2. The van der Waals surface area contributed by atoms with Gasteiger partial charge in [0.1, 0.15) is 17.2 Å². The lowest BCUT2D eigenvalue weighted by atomic mass is 9.84. The Morgan fingerprint density at radius 3 is 2.73 bits per heavy atom. The van der Waals surface area contributed by atoms with Crippen LogP contribution < -0.4 is 15.5 Å². The lowest BCUT2D eigenvalue weighted by Crippen LogP contribution is -2.52. The Kier molecular flexibility index (Phi) is 7.54. The van der Waals surface area contributed by atoms with E-state index in [1.54, 1.807) is 11.8 Å². The second-order valence-corrected chi connectivity index (χ2v) is 10.6. The van der Waals surface area contributed by atoms with Crippen molar-refractivity contribution in [3.63, 3.8) is 0 Å². The molecule has 3 aliphatic rings. The van der Waals surface area contributed by atoms with Crippen LogP contribution in [0.15, 0.2) is 34.3 Å². The van der Waals surface area contributed by atoms with E-state index < -0.39 is 58.0 Å². The van der Waals surface area contributed by atoms with Crippen LogP contribution in [-0.2, 0) is 16.1 Å². The highest BCUT2D eigenvalue weighted by Gasteiger charge is 2.54. The molecule has 5 rings (SSSR count). The molecule has 1 fully saturated rings. The molecular formula is C28H30F2N4O7. The third kappa shape index (κ3) is 5.16. The summed E-state index contributed by atoms with van der Waals surface area (Å²) >= 11 is 0. The molecule has 0 unspecified atom stereocenters. The topological polar surface area (TPSA) is 129 Å². The van der Waals surface area contributed by atoms with E-state index in [9.17, 15) is 28.0 Å². The van der Waals surface area contributed by atoms with Crippen LogP contribution in [0.5, 0.6) is 5.75 Å². The summed E-state index contributed by atoms with van der Waals surface area (Å²) in [4.78, 5) is 60.8. The van der Waals surface area contributed by atoms with Crippen LogP contribution in [0.4, 0.5) is 13.6 Å². The van der Waals surface area contributed by atoms with Crippen molar-refractivity contribution in [3.8, 4) is 5.75 Å². The van der Waals surface area contributed by atoms with Crippen molar-refractivity contribution in [2.24, 2.45) is 5.16 Å². The number of fused-ring (bicyclic) bond motifs is 5. The Balaban J connectivity index is 1.61. The molecule has 1 spiro atoms. The molecule has 11 nitrogen and oxygen atoms in total. The lowest BCUT2D eigenvalue weighted by molar-refractivity contribution is -0.0655. The molecule has 2 bridgehead atoms. The number of rotatable bonds is 6. The number of benzene rings is 1. The fourth-order valence-electron chi connectivity index (χ4n) is 5.60. The van der Waals surface area contributed by atoms with Crippen molar-refractivity contribution in [2.75, 3.05) is 13.2 Å². The summed E-state index contributed by atoms with van der Waals surface area (Å²) < 4.78 is 39.3. The average Bonchev–Trinajstić information content (AvgIpc) is 3.26. The normalized spacial score (nSPS) is 22.9. The van der Waals surface area contributed by atoms with Crippen molar-refractivity contribution >= 4 is 23.7 Å². The smallest absolute Gasteiger partial charge is 0.434 e. The van der Waals surface area contributed by atoms with Crippen LogP contribution in [0.1, 0.15) is 78.9 Å². The highest BCUT2D eigenvalue weighted by molar-refractivity contribution is 6.00. The lowest BCUT2D eigenvalue weighted by Gasteiger charge is -2.42. The average molecular weight is 573 g/mol. The van der Waals surface area contributed by atoms with Crippen molar-refractivity contribution < 1.29 is 37.5 Å². The zero-order valence-electron chi connectivity index (χ0n) is 22.9. The Morgan fingerprint density at radius 2 is 2.05 bits per heavy atom. The summed E-state index contributed by atoms with van der Waals surface area (Å²) in [6, 6.07) is 2.09. The third-order valence-electron chi connectivity index (χ3n) is 7.73. The SMILES string of the molecule is CCCOC(=O)Oc1c2n(cc(C(=O)NCc3ccc(F)cc3F)c1=O)[C@@H]1CN(C2=O)[C@@H](C)CC[C@]12CC(C)=NO2. The summed E-state index contributed by atoms with van der Waals surface area (Å²) in [5.41, 5.74) is -1.79. The van der Waals surface area contributed by atoms with Crippen LogP contribution in [0.2, 0.25) is 0 Å². The number of carbonyl (C=O) groups excluding carboxylic acids is 3. The minimum atomic E-state index is -1.20. The number of pyridine rings is 1. The largest absolute Gasteiger partial charge is 0.514 e. The third-order valence-corrected chi connectivity index (χ3v) is 7.73. The Bertz CT molecular complexity index is 1510. The van der Waals surface area contributed by atoms with Gasteiger partial charge in [-0.2, -0.15) is 0 Å². The minimum Gasteiger partial charge on any atom is -0.434 e. The molecule has 3 atom stereocenters. The molecule has 41 heavy (non-hydrogen) atoms. The second kappa shape index (κ2) is 10.9. The summed E-state index contributed by atoms with van der Waals surface area (Å²) in [5, 5.41) is 6.62. The van der Waals surface area contributed by atoms with Crippen LogP contribution in [0, 0.1) is 11.6 Å². The van der Waals surface area contributed by atoms with Crippen molar-refractivity contribution in [3.05, 3.63) is 63.1 Å². The predicted octanol–water partition coefficient (Wildman–Crippen LogP) is 3.70. The van der Waals surface area contributed by atoms with Gasteiger partial charge in [0.15, 0.2) is 11.3 Å². The number of hydrogen-bond acceptors (Lipinski definition) is 8. The van der Waals surface area contributed by atoms with Gasteiger partial charge in [0.25, 0.3) is 11.8 Å². The Morgan fingerprint density at radius 1 is 1.27 bits per heavy atom. The fourth-order valence-corrected chi connectivity index (χ4v) is 5.60. The summed E-state index contributed by atoms with van der Waals surface area (Å²) in [5.74, 6) is -3.75. The molecule has 1 aromatic heterocycles. The first-order chi connectivity index (χ1) is 19.5. The number of hydrogen-bond donors (Lipinski definition) is 1. The van der Waals surface area contributed by atoms with Gasteiger partial charge in [0.05, 0.1) is 18.4 Å². The number of nitrogens with zero attached hydrogens (tertiary/aromatic N) is 3. The quantitative estimate of drug-likeness (QED) is 0.523. The van der Waals surface area contributed by atoms with E-state index in [0.29, 0.717) is 31.7 Å². The maximum Gasteiger partial charge on any atom is 0.514 e. The van der Waals surface area contributed by atoms with Gasteiger partial charge in [-0.05, 0) is 39.2 Å². The molecule has 0 aliphatic carbocycles. The number of oxime groups is 1. The van der Waals surface area contributed by atoms with Gasteiger partial charge >= 0.3 is 6.16 Å². The van der Waals surface area contributed by atoms with E-state index in [4.69, 9.17) is 14.3 Å². The maximum absolute atomic E-state index is 14.2. The highest BCUT2D eigenvalue weighted by Crippen LogP contribution is 2.46. The summed E-state index contributed by atoms with van der Waals surface area (Å²) in [7, 11) is 0. The number of aromatic nitrogens is 1. The number of ether oxygens (including phenoxy) is 2. The minimum absolute atomic E-state index is 0.00747. The van der Waals surface area contributed by atoms with Gasteiger partial charge in [-0.15, -0.1) is 0 Å². The van der Waals surface area contributed by atoms with Gasteiger partial charge in [0, 0.05) is 43.4 Å². The highest BCUT2D eigenvalue weighted by atomic mass is 19.1. The van der Waals surface area contributed by atoms with Crippen LogP contribution >= 0.6 is 0 Å². The zero-order chi connectivity index (χ0) is 29.5. The van der Waals surface area contributed by atoms with Crippen LogP contribution in [0.3, 0.4) is 0 Å². The molecule has 1 aromatic carbocycles. The predicted molar refractivity (Wildman–Crippen MR) is 141 cm³/mol. The molecule has 4 heterocycles. The fraction of sp³-hybridized carbons (Fsp3) is 0.464. The first-order valence-corrected chi connectivity index (χ1v) is 13.4. The first-order valence-electron chi connectivity index (χ1n) is 13.4. The summed E-state index contributed by atoms with van der Waals surface area (Å²) in [6.07, 6.45) is 2.11. The van der Waals surface area contributed by atoms with Gasteiger partial charge in [0.2, 0.25) is 11.2 Å². The number of nitrogens with one attached hydrogen (secondary N) is 1. The molecule has 13 heteroatoms. The van der Waals surface area contributed by atoms with Crippen molar-refractivity contribution in [2.45, 2.75) is 70.7 Å². The number of halogens is 2. The van der Waals surface area contributed by atoms with Crippen molar-refractivity contribution in [1.29, 1.82) is 0 Å². The van der Waals surface area contributed by atoms with Gasteiger partial charge in [-0.1, -0.05) is 18.1 Å². The molecule has 2 amide bonds. The molecule has 3 aliphatic heterocycles. The zero-order valence-corrected chi connectivity index (χ0v) is 22.9. The van der Waals surface area contributed by atoms with E-state index in [1.807, 2.05) is 13.8 Å². The monoisotopic (exact) mass is 572 g/mol. The molecule has 1 saturated heterocycles. The Labute approximate surface area is 234 Å². The van der Waals surface area contributed by atoms with E-state index >= 15 is 0 Å². The standard InChI is InChI=1S/C28H30F2N4O7/c1-4-9-39-27(38)40-24-22-26(37)33-14-21(28(8-7-16(33)3)11-15(2)32-41-28)34(22)13-19(23(24)35)25(36)31-12-17-5-6-18(29)10-20(17)30/h5-6,10,13,16,21H,4,7-9,11-12,14H2,1-3H3,(H,31,36)/t16-,21+,28-/m0/s1. The van der Waals surface area contributed by atoms with Crippen molar-refractivity contribution in [1.82, 2.24) is 14.8 Å². The van der Waals surface area contributed by atoms with Gasteiger partial charge < -0.3 is 29.1 Å². The van der Waals surface area contributed by atoms with Crippen LogP contribution in [0.25, 0.3) is 0 Å². The molecule has 0 radical (unpaired) electrons. The number of carbonyl (C=O) groups is 3. The van der Waals surface area contributed by atoms with Gasteiger partial charge in [-0.3, -0.25) is 14.4 Å². The van der Waals surface area contributed by atoms with Crippen LogP contribution in [-0.4, -0.2) is 57.9 Å². The van der Waals surface area contributed by atoms with E-state index in [1.165, 1.54) is 16.8 Å². The molecule has 0 saturated carbocycles. The van der Waals surface area contributed by atoms with E-state index in [2.05, 4.69) is 10.5 Å². The second-order valence-electron chi connectivity index (χ2n) is 10.6. The molecule has 218 valence electrons. The molecule has 2 aromatic rings. The first kappa shape index (κ1) is 28.2. The van der Waals surface area contributed by atoms with Gasteiger partial charge in [-0.25, -0.2) is 13.6 Å².